The first-order valence-corrected chi connectivity index (χ1v) is 15.3. The Morgan fingerprint density at radius 2 is 1.55 bits per heavy atom. The third-order valence-electron chi connectivity index (χ3n) is 8.91. The molecule has 3 aromatic carbocycles. The number of nitrogens with zero attached hydrogens (tertiary/aromatic N) is 5. The van der Waals surface area contributed by atoms with E-state index in [1.807, 2.05) is 83.5 Å². The molecule has 2 aliphatic rings. The number of methoxy groups -OCH3 is 1. The predicted molar refractivity (Wildman–Crippen MR) is 175 cm³/mol. The van der Waals surface area contributed by atoms with E-state index in [1.54, 1.807) is 7.11 Å². The number of ether oxygens (including phenoxy) is 1. The molecule has 6 rings (SSSR count). The number of hydrogen-bond donors (Lipinski definition) is 0. The van der Waals surface area contributed by atoms with E-state index in [9.17, 15) is 9.59 Å². The average molecular weight is 592 g/mol. The van der Waals surface area contributed by atoms with Crippen molar-refractivity contribution in [1.29, 1.82) is 0 Å². The van der Waals surface area contributed by atoms with Gasteiger partial charge in [-0.25, -0.2) is 0 Å². The van der Waals surface area contributed by atoms with Gasteiger partial charge < -0.3 is 24.0 Å². The molecular formula is C36H41N5O3. The van der Waals surface area contributed by atoms with Crippen LogP contribution in [0.25, 0.3) is 11.1 Å². The van der Waals surface area contributed by atoms with Crippen LogP contribution < -0.4 is 9.64 Å². The Morgan fingerprint density at radius 3 is 2.27 bits per heavy atom. The van der Waals surface area contributed by atoms with E-state index < -0.39 is 0 Å². The summed E-state index contributed by atoms with van der Waals surface area (Å²) in [4.78, 5) is 36.6. The Hall–Kier alpha value is -4.40. The van der Waals surface area contributed by atoms with Crippen LogP contribution in [0.4, 0.5) is 5.69 Å². The molecule has 44 heavy (non-hydrogen) atoms. The standard InChI is InChI=1S/C36H41N5O3/c1-26-30(27-10-6-5-7-11-27)15-16-31(34(26)44-4)35(42)41-25-29-14-17-33(40(29)24-28-12-8-9-13-32(28)41)36(43)39-22-20-38(21-23-39)19-18-37(2)3/h5-17H,18-25H2,1-4H3. The van der Waals surface area contributed by atoms with Gasteiger partial charge in [-0.1, -0.05) is 54.6 Å². The Bertz CT molecular complexity index is 1650. The highest BCUT2D eigenvalue weighted by Crippen LogP contribution is 2.36. The number of para-hydroxylation sites is 1. The van der Waals surface area contributed by atoms with Crippen LogP contribution in [-0.4, -0.2) is 91.6 Å². The van der Waals surface area contributed by atoms with Crippen molar-refractivity contribution in [3.8, 4) is 16.9 Å². The fourth-order valence-electron chi connectivity index (χ4n) is 6.40. The SMILES string of the molecule is COc1c(C(=O)N2Cc3ccc(C(=O)N4CCN(CCN(C)C)CC4)n3Cc3ccccc32)ccc(-c2ccccc2)c1C. The maximum Gasteiger partial charge on any atom is 0.270 e. The molecule has 0 aliphatic carbocycles. The van der Waals surface area contributed by atoms with E-state index in [4.69, 9.17) is 4.74 Å². The molecule has 2 aliphatic heterocycles. The summed E-state index contributed by atoms with van der Waals surface area (Å²) >= 11 is 0. The lowest BCUT2D eigenvalue weighted by atomic mass is 9.96. The summed E-state index contributed by atoms with van der Waals surface area (Å²) in [7, 11) is 5.80. The number of rotatable bonds is 7. The average Bonchev–Trinajstić information content (AvgIpc) is 3.36. The fourth-order valence-corrected chi connectivity index (χ4v) is 6.40. The van der Waals surface area contributed by atoms with Gasteiger partial charge in [-0.3, -0.25) is 14.5 Å². The summed E-state index contributed by atoms with van der Waals surface area (Å²) in [5, 5.41) is 0. The lowest BCUT2D eigenvalue weighted by molar-refractivity contribution is 0.0619. The number of likely N-dealkylation sites (N-methyl/N-ethyl adjacent to an activating group) is 1. The van der Waals surface area contributed by atoms with Gasteiger partial charge >= 0.3 is 0 Å². The van der Waals surface area contributed by atoms with E-state index >= 15 is 0 Å². The third-order valence-corrected chi connectivity index (χ3v) is 8.91. The zero-order valence-electron chi connectivity index (χ0n) is 26.1. The van der Waals surface area contributed by atoms with Gasteiger partial charge in [-0.2, -0.15) is 0 Å². The number of hydrogen-bond acceptors (Lipinski definition) is 5. The van der Waals surface area contributed by atoms with Crippen LogP contribution in [0.15, 0.2) is 78.9 Å². The molecule has 0 radical (unpaired) electrons. The molecule has 0 unspecified atom stereocenters. The highest BCUT2D eigenvalue weighted by atomic mass is 16.5. The minimum Gasteiger partial charge on any atom is -0.496 e. The van der Waals surface area contributed by atoms with Crippen LogP contribution in [0, 0.1) is 6.92 Å². The van der Waals surface area contributed by atoms with Gasteiger partial charge in [0.15, 0.2) is 0 Å². The summed E-state index contributed by atoms with van der Waals surface area (Å²) in [6.45, 7) is 8.08. The van der Waals surface area contributed by atoms with Crippen LogP contribution in [-0.2, 0) is 13.1 Å². The minimum absolute atomic E-state index is 0.0505. The molecule has 0 spiro atoms. The number of piperazine rings is 1. The number of anilines is 1. The minimum atomic E-state index is -0.131. The van der Waals surface area contributed by atoms with Crippen molar-refractivity contribution in [3.63, 3.8) is 0 Å². The van der Waals surface area contributed by atoms with Crippen molar-refractivity contribution in [2.24, 2.45) is 0 Å². The molecular weight excluding hydrogens is 550 g/mol. The van der Waals surface area contributed by atoms with Crippen LogP contribution in [0.3, 0.4) is 0 Å². The molecule has 4 aromatic rings. The molecule has 0 saturated carbocycles. The van der Waals surface area contributed by atoms with Gasteiger partial charge in [0.1, 0.15) is 11.4 Å². The van der Waals surface area contributed by atoms with Gasteiger partial charge in [-0.05, 0) is 67.5 Å². The van der Waals surface area contributed by atoms with E-state index in [2.05, 4.69) is 40.6 Å². The molecule has 0 atom stereocenters. The monoisotopic (exact) mass is 591 g/mol. The predicted octanol–water partition coefficient (Wildman–Crippen LogP) is 5.00. The van der Waals surface area contributed by atoms with Crippen molar-refractivity contribution in [2.75, 3.05) is 65.4 Å². The number of amides is 2. The number of benzene rings is 3. The van der Waals surface area contributed by atoms with Gasteiger partial charge in [0.2, 0.25) is 0 Å². The second-order valence-corrected chi connectivity index (χ2v) is 11.9. The summed E-state index contributed by atoms with van der Waals surface area (Å²) in [5.41, 5.74) is 6.99. The van der Waals surface area contributed by atoms with Crippen molar-refractivity contribution in [2.45, 2.75) is 20.0 Å². The first-order chi connectivity index (χ1) is 21.4. The first kappa shape index (κ1) is 29.7. The van der Waals surface area contributed by atoms with E-state index in [-0.39, 0.29) is 11.8 Å². The van der Waals surface area contributed by atoms with Gasteiger partial charge in [0.25, 0.3) is 11.8 Å². The number of carbonyl (C=O) groups is 2. The topological polar surface area (TPSA) is 61.3 Å². The highest BCUT2D eigenvalue weighted by molar-refractivity contribution is 6.09. The van der Waals surface area contributed by atoms with Crippen LogP contribution >= 0.6 is 0 Å². The molecule has 1 fully saturated rings. The van der Waals surface area contributed by atoms with Crippen LogP contribution in [0.1, 0.15) is 37.7 Å². The van der Waals surface area contributed by atoms with Crippen molar-refractivity contribution in [3.05, 3.63) is 107 Å². The second-order valence-electron chi connectivity index (χ2n) is 11.9. The molecule has 1 saturated heterocycles. The zero-order chi connectivity index (χ0) is 30.8. The van der Waals surface area contributed by atoms with Gasteiger partial charge in [0, 0.05) is 50.6 Å². The van der Waals surface area contributed by atoms with Crippen LogP contribution in [0.2, 0.25) is 0 Å². The normalized spacial score (nSPS) is 15.1. The molecule has 228 valence electrons. The van der Waals surface area contributed by atoms with Crippen molar-refractivity contribution >= 4 is 17.5 Å². The number of fused-ring (bicyclic) bond motifs is 2. The smallest absolute Gasteiger partial charge is 0.270 e. The Morgan fingerprint density at radius 1 is 0.818 bits per heavy atom. The van der Waals surface area contributed by atoms with E-state index in [0.29, 0.717) is 43.2 Å². The summed E-state index contributed by atoms with van der Waals surface area (Å²) in [6, 6.07) is 25.9. The number of aromatic nitrogens is 1. The summed E-state index contributed by atoms with van der Waals surface area (Å²) in [5.74, 6) is 0.497. The van der Waals surface area contributed by atoms with Crippen molar-refractivity contribution < 1.29 is 14.3 Å². The van der Waals surface area contributed by atoms with Crippen LogP contribution in [0.5, 0.6) is 5.75 Å². The number of carbonyl (C=O) groups excluding carboxylic acids is 2. The highest BCUT2D eigenvalue weighted by Gasteiger charge is 2.31. The molecule has 8 heteroatoms. The maximum atomic E-state index is 14.4. The largest absolute Gasteiger partial charge is 0.496 e. The Balaban J connectivity index is 1.29. The molecule has 1 aromatic heterocycles. The Labute approximate surface area is 260 Å². The molecule has 3 heterocycles. The second kappa shape index (κ2) is 12.7. The third kappa shape index (κ3) is 5.75. The molecule has 2 amide bonds. The lowest BCUT2D eigenvalue weighted by Crippen LogP contribution is -2.50. The van der Waals surface area contributed by atoms with Gasteiger partial charge in [-0.15, -0.1) is 0 Å². The molecule has 0 bridgehead atoms. The first-order valence-electron chi connectivity index (χ1n) is 15.3. The fraction of sp³-hybridized carbons (Fsp3) is 0.333. The lowest BCUT2D eigenvalue weighted by Gasteiger charge is -2.35. The quantitative estimate of drug-likeness (QED) is 0.303. The van der Waals surface area contributed by atoms with Crippen molar-refractivity contribution in [1.82, 2.24) is 19.3 Å². The summed E-state index contributed by atoms with van der Waals surface area (Å²) < 4.78 is 7.96. The molecule has 0 N–H and O–H groups in total. The zero-order valence-corrected chi connectivity index (χ0v) is 26.1. The van der Waals surface area contributed by atoms with E-state index in [0.717, 1.165) is 59.8 Å². The molecule has 8 nitrogen and oxygen atoms in total. The van der Waals surface area contributed by atoms with E-state index in [1.165, 1.54) is 0 Å². The maximum absolute atomic E-state index is 14.4. The Kier molecular flexibility index (Phi) is 8.55. The summed E-state index contributed by atoms with van der Waals surface area (Å²) in [6.07, 6.45) is 0. The van der Waals surface area contributed by atoms with Gasteiger partial charge in [0.05, 0.1) is 25.8 Å².